The predicted octanol–water partition coefficient (Wildman–Crippen LogP) is 2.83. The van der Waals surface area contributed by atoms with Gasteiger partial charge < -0.3 is 0 Å². The van der Waals surface area contributed by atoms with Gasteiger partial charge in [-0.2, -0.15) is 0 Å². The number of rotatable bonds is 5. The minimum Gasteiger partial charge on any atom is -0.297 e. The molecular weight excluding hydrogens is 294 g/mol. The topological polar surface area (TPSA) is 63.2 Å². The van der Waals surface area contributed by atoms with Crippen molar-refractivity contribution in [3.63, 3.8) is 0 Å². The van der Waals surface area contributed by atoms with Gasteiger partial charge in [-0.1, -0.05) is 13.0 Å². The van der Waals surface area contributed by atoms with Gasteiger partial charge in [0.05, 0.1) is 9.77 Å². The lowest BCUT2D eigenvalue weighted by Gasteiger charge is -2.08. The summed E-state index contributed by atoms with van der Waals surface area (Å²) in [6.07, 6.45) is 0.813. The summed E-state index contributed by atoms with van der Waals surface area (Å²) in [6.45, 7) is 3.96. The van der Waals surface area contributed by atoms with Crippen molar-refractivity contribution in [2.45, 2.75) is 18.7 Å². The third-order valence-corrected chi connectivity index (χ3v) is 5.29. The summed E-state index contributed by atoms with van der Waals surface area (Å²) in [4.78, 5) is 11.6. The summed E-state index contributed by atoms with van der Waals surface area (Å²) >= 11 is 1.37. The normalized spacial score (nSPS) is 11.5. The van der Waals surface area contributed by atoms with E-state index in [0.29, 0.717) is 11.4 Å². The molecule has 1 heterocycles. The number of hydrogen-bond acceptors (Lipinski definition) is 4. The Morgan fingerprint density at radius 1 is 1.30 bits per heavy atom. The van der Waals surface area contributed by atoms with Crippen molar-refractivity contribution in [1.29, 1.82) is 0 Å². The first-order valence-electron chi connectivity index (χ1n) is 6.12. The van der Waals surface area contributed by atoms with E-state index in [9.17, 15) is 13.2 Å². The lowest BCUT2D eigenvalue weighted by atomic mass is 10.0. The third kappa shape index (κ3) is 2.98. The summed E-state index contributed by atoms with van der Waals surface area (Å²) < 4.78 is 26.3. The predicted molar refractivity (Wildman–Crippen MR) is 80.7 cm³/mol. The van der Waals surface area contributed by atoms with E-state index in [0.717, 1.165) is 23.0 Å². The average molecular weight is 309 g/mol. The van der Waals surface area contributed by atoms with Crippen molar-refractivity contribution >= 4 is 27.6 Å². The highest BCUT2D eigenvalue weighted by molar-refractivity contribution is 7.89. The Labute approximate surface area is 122 Å². The highest BCUT2D eigenvalue weighted by Gasteiger charge is 2.14. The van der Waals surface area contributed by atoms with Crippen molar-refractivity contribution in [3.8, 4) is 11.1 Å². The van der Waals surface area contributed by atoms with Gasteiger partial charge in [0.25, 0.3) is 0 Å². The Morgan fingerprint density at radius 2 is 2.05 bits per heavy atom. The van der Waals surface area contributed by atoms with Crippen LogP contribution in [0.3, 0.4) is 0 Å². The zero-order valence-electron chi connectivity index (χ0n) is 11.2. The fourth-order valence-corrected chi connectivity index (χ4v) is 3.79. The largest absolute Gasteiger partial charge is 0.297 e. The number of thiophene rings is 1. The molecule has 0 saturated heterocycles. The molecule has 1 aromatic heterocycles. The second kappa shape index (κ2) is 5.87. The van der Waals surface area contributed by atoms with Gasteiger partial charge in [-0.05, 0) is 47.2 Å². The number of benzene rings is 1. The van der Waals surface area contributed by atoms with Gasteiger partial charge >= 0.3 is 0 Å². The van der Waals surface area contributed by atoms with Crippen molar-refractivity contribution in [1.82, 2.24) is 4.72 Å². The molecule has 1 N–H and O–H groups in total. The number of aryl methyl sites for hydroxylation is 1. The lowest BCUT2D eigenvalue weighted by molar-refractivity contribution is 0.112. The third-order valence-electron chi connectivity index (χ3n) is 2.89. The van der Waals surface area contributed by atoms with Crippen LogP contribution in [0.5, 0.6) is 0 Å². The van der Waals surface area contributed by atoms with Gasteiger partial charge in [0.15, 0.2) is 6.29 Å². The van der Waals surface area contributed by atoms with Crippen LogP contribution in [0.1, 0.15) is 22.2 Å². The van der Waals surface area contributed by atoms with Crippen LogP contribution in [0.15, 0.2) is 34.5 Å². The Hall–Kier alpha value is -1.50. The summed E-state index contributed by atoms with van der Waals surface area (Å²) in [6, 6.07) is 6.80. The number of aldehydes is 1. The molecule has 0 amide bonds. The molecule has 0 aliphatic rings. The van der Waals surface area contributed by atoms with Gasteiger partial charge in [-0.15, -0.1) is 11.3 Å². The van der Waals surface area contributed by atoms with Gasteiger partial charge in [-0.3, -0.25) is 4.79 Å². The van der Waals surface area contributed by atoms with E-state index in [1.807, 2.05) is 12.3 Å². The molecule has 0 spiro atoms. The van der Waals surface area contributed by atoms with Crippen LogP contribution < -0.4 is 4.72 Å². The molecule has 4 nitrogen and oxygen atoms in total. The molecule has 0 aliphatic heterocycles. The molecule has 0 unspecified atom stereocenters. The molecule has 106 valence electrons. The molecule has 20 heavy (non-hydrogen) atoms. The molecule has 2 rings (SSSR count). The van der Waals surface area contributed by atoms with Gasteiger partial charge in [0.2, 0.25) is 10.0 Å². The lowest BCUT2D eigenvalue weighted by Crippen LogP contribution is -2.23. The maximum atomic E-state index is 11.9. The SMILES string of the molecule is CCNS(=O)(=O)c1ccc(-c2csc(C=O)c2)c(C)c1. The number of carbonyl (C=O) groups excluding carboxylic acids is 1. The van der Waals surface area contributed by atoms with E-state index in [1.54, 1.807) is 31.2 Å². The van der Waals surface area contributed by atoms with E-state index in [2.05, 4.69) is 4.72 Å². The number of hydrogen-bond donors (Lipinski definition) is 1. The second-order valence-corrected chi connectivity index (χ2v) is 7.04. The van der Waals surface area contributed by atoms with Crippen LogP contribution >= 0.6 is 11.3 Å². The summed E-state index contributed by atoms with van der Waals surface area (Å²) in [5, 5.41) is 1.89. The second-order valence-electron chi connectivity index (χ2n) is 4.33. The summed E-state index contributed by atoms with van der Waals surface area (Å²) in [7, 11) is -3.43. The standard InChI is InChI=1S/C14H15NO3S2/c1-3-15-20(17,18)13-4-5-14(10(2)6-13)11-7-12(8-16)19-9-11/h4-9,15H,3H2,1-2H3. The van der Waals surface area contributed by atoms with E-state index >= 15 is 0 Å². The zero-order chi connectivity index (χ0) is 14.8. The summed E-state index contributed by atoms with van der Waals surface area (Å²) in [5.74, 6) is 0. The van der Waals surface area contributed by atoms with Crippen LogP contribution in [0.4, 0.5) is 0 Å². The first-order chi connectivity index (χ1) is 9.47. The molecule has 1 aromatic carbocycles. The monoisotopic (exact) mass is 309 g/mol. The Balaban J connectivity index is 2.42. The molecule has 0 atom stereocenters. The van der Waals surface area contributed by atoms with Crippen molar-refractivity contribution in [2.75, 3.05) is 6.54 Å². The van der Waals surface area contributed by atoms with Crippen LogP contribution in [-0.2, 0) is 10.0 Å². The smallest absolute Gasteiger partial charge is 0.240 e. The van der Waals surface area contributed by atoms with E-state index < -0.39 is 10.0 Å². The first-order valence-corrected chi connectivity index (χ1v) is 8.48. The Bertz CT molecular complexity index is 733. The minimum absolute atomic E-state index is 0.256. The number of sulfonamides is 1. The minimum atomic E-state index is -3.43. The Kier molecular flexibility index (Phi) is 4.37. The van der Waals surface area contributed by atoms with Crippen LogP contribution in [0.2, 0.25) is 0 Å². The molecular formula is C14H15NO3S2. The molecule has 2 aromatic rings. The summed E-state index contributed by atoms with van der Waals surface area (Å²) in [5.41, 5.74) is 2.73. The molecule has 0 radical (unpaired) electrons. The molecule has 0 fully saturated rings. The maximum Gasteiger partial charge on any atom is 0.240 e. The molecule has 0 saturated carbocycles. The molecule has 0 aliphatic carbocycles. The fourth-order valence-electron chi connectivity index (χ4n) is 1.96. The van der Waals surface area contributed by atoms with Gasteiger partial charge in [-0.25, -0.2) is 13.1 Å². The van der Waals surface area contributed by atoms with Gasteiger partial charge in [0.1, 0.15) is 0 Å². The van der Waals surface area contributed by atoms with E-state index in [-0.39, 0.29) is 4.90 Å². The van der Waals surface area contributed by atoms with E-state index in [4.69, 9.17) is 0 Å². The van der Waals surface area contributed by atoms with Gasteiger partial charge in [0, 0.05) is 6.54 Å². The quantitative estimate of drug-likeness (QED) is 0.864. The first kappa shape index (κ1) is 14.9. The fraction of sp³-hybridized carbons (Fsp3) is 0.214. The highest BCUT2D eigenvalue weighted by Crippen LogP contribution is 2.29. The van der Waals surface area contributed by atoms with E-state index in [1.165, 1.54) is 11.3 Å². The Morgan fingerprint density at radius 3 is 2.60 bits per heavy atom. The maximum absolute atomic E-state index is 11.9. The number of nitrogens with one attached hydrogen (secondary N) is 1. The van der Waals surface area contributed by atoms with Crippen molar-refractivity contribution in [3.05, 3.63) is 40.1 Å². The van der Waals surface area contributed by atoms with Crippen LogP contribution in [0, 0.1) is 6.92 Å². The van der Waals surface area contributed by atoms with Crippen LogP contribution in [-0.4, -0.2) is 21.2 Å². The highest BCUT2D eigenvalue weighted by atomic mass is 32.2. The zero-order valence-corrected chi connectivity index (χ0v) is 12.8. The molecule has 0 bridgehead atoms. The average Bonchev–Trinajstić information content (AvgIpc) is 2.87. The molecule has 6 heteroatoms. The number of carbonyl (C=O) groups is 1. The van der Waals surface area contributed by atoms with Crippen molar-refractivity contribution < 1.29 is 13.2 Å². The van der Waals surface area contributed by atoms with Crippen molar-refractivity contribution in [2.24, 2.45) is 0 Å². The van der Waals surface area contributed by atoms with Crippen LogP contribution in [0.25, 0.3) is 11.1 Å².